The highest BCUT2D eigenvalue weighted by Crippen LogP contribution is 2.30. The zero-order chi connectivity index (χ0) is 13.0. The van der Waals surface area contributed by atoms with Gasteiger partial charge in [-0.3, -0.25) is 0 Å². The average molecular weight is 266 g/mol. The van der Waals surface area contributed by atoms with Gasteiger partial charge in [0.2, 0.25) is 0 Å². The van der Waals surface area contributed by atoms with E-state index in [1.165, 1.54) is 84.0 Å². The minimum absolute atomic E-state index is 0.473. The van der Waals surface area contributed by atoms with E-state index >= 15 is 0 Å². The van der Waals surface area contributed by atoms with Crippen molar-refractivity contribution in [2.75, 3.05) is 32.8 Å². The molecular formula is C16H30N2O. The van der Waals surface area contributed by atoms with E-state index in [2.05, 4.69) is 10.2 Å². The van der Waals surface area contributed by atoms with Crippen molar-refractivity contribution in [1.82, 2.24) is 10.2 Å². The molecule has 3 fully saturated rings. The van der Waals surface area contributed by atoms with Gasteiger partial charge in [-0.2, -0.15) is 0 Å². The number of hydrogen-bond acceptors (Lipinski definition) is 3. The third-order valence-corrected chi connectivity index (χ3v) is 5.29. The maximum Gasteiger partial charge on any atom is 0.0576 e. The van der Waals surface area contributed by atoms with Crippen molar-refractivity contribution in [1.29, 1.82) is 0 Å². The Morgan fingerprint density at radius 1 is 1.16 bits per heavy atom. The minimum Gasteiger partial charge on any atom is -0.378 e. The van der Waals surface area contributed by atoms with Crippen molar-refractivity contribution < 1.29 is 4.74 Å². The van der Waals surface area contributed by atoms with E-state index in [4.69, 9.17) is 4.74 Å². The van der Waals surface area contributed by atoms with Crippen molar-refractivity contribution >= 4 is 0 Å². The van der Waals surface area contributed by atoms with Gasteiger partial charge in [0.05, 0.1) is 6.10 Å². The van der Waals surface area contributed by atoms with Crippen LogP contribution in [0.15, 0.2) is 0 Å². The quantitative estimate of drug-likeness (QED) is 0.846. The fourth-order valence-electron chi connectivity index (χ4n) is 4.21. The lowest BCUT2D eigenvalue weighted by atomic mass is 9.80. The molecule has 0 bridgehead atoms. The normalized spacial score (nSPS) is 31.9. The smallest absolute Gasteiger partial charge is 0.0576 e. The summed E-state index contributed by atoms with van der Waals surface area (Å²) in [5, 5.41) is 3.83. The summed E-state index contributed by atoms with van der Waals surface area (Å²) < 4.78 is 5.72. The molecule has 2 heterocycles. The van der Waals surface area contributed by atoms with Gasteiger partial charge in [-0.05, 0) is 45.1 Å². The standard InChI is InChI=1S/C16H30N2O/c1-2-8-16(9-3-1)14-18(12-10-17-16)11-4-6-15-7-5-13-19-15/h15,17H,1-14H2. The van der Waals surface area contributed by atoms with Gasteiger partial charge in [-0.15, -0.1) is 0 Å². The first-order chi connectivity index (χ1) is 9.36. The second kappa shape index (κ2) is 6.55. The molecule has 1 spiro atoms. The average Bonchev–Trinajstić information content (AvgIpc) is 2.93. The monoisotopic (exact) mass is 266 g/mol. The molecule has 0 amide bonds. The SMILES string of the molecule is C1CCC2(CC1)CN(CCCC1CCCO1)CCN2. The number of piperazine rings is 1. The van der Waals surface area contributed by atoms with E-state index < -0.39 is 0 Å². The second-order valence-electron chi connectivity index (χ2n) is 6.82. The summed E-state index contributed by atoms with van der Waals surface area (Å²) in [6.45, 7) is 6.01. The molecular weight excluding hydrogens is 236 g/mol. The lowest BCUT2D eigenvalue weighted by Gasteiger charge is -2.46. The van der Waals surface area contributed by atoms with Gasteiger partial charge in [0.25, 0.3) is 0 Å². The lowest BCUT2D eigenvalue weighted by molar-refractivity contribution is 0.0810. The predicted molar refractivity (Wildman–Crippen MR) is 78.5 cm³/mol. The summed E-state index contributed by atoms with van der Waals surface area (Å²) in [4.78, 5) is 2.71. The predicted octanol–water partition coefficient (Wildman–Crippen LogP) is 2.55. The van der Waals surface area contributed by atoms with E-state index in [1.54, 1.807) is 0 Å². The maximum absolute atomic E-state index is 5.72. The molecule has 3 rings (SSSR count). The fraction of sp³-hybridized carbons (Fsp3) is 1.00. The number of ether oxygens (including phenoxy) is 1. The Bertz CT molecular complexity index is 264. The highest BCUT2D eigenvalue weighted by Gasteiger charge is 2.35. The van der Waals surface area contributed by atoms with Crippen LogP contribution < -0.4 is 5.32 Å². The molecule has 1 atom stereocenters. The number of rotatable bonds is 4. The van der Waals surface area contributed by atoms with Crippen LogP contribution in [0.5, 0.6) is 0 Å². The first kappa shape index (κ1) is 13.8. The van der Waals surface area contributed by atoms with E-state index in [9.17, 15) is 0 Å². The third kappa shape index (κ3) is 3.71. The van der Waals surface area contributed by atoms with E-state index in [0.717, 1.165) is 6.61 Å². The first-order valence-electron chi connectivity index (χ1n) is 8.45. The molecule has 0 radical (unpaired) electrons. The molecule has 3 heteroatoms. The molecule has 0 aromatic carbocycles. The molecule has 2 aliphatic heterocycles. The highest BCUT2D eigenvalue weighted by molar-refractivity contribution is 4.96. The van der Waals surface area contributed by atoms with E-state index in [1.807, 2.05) is 0 Å². The van der Waals surface area contributed by atoms with Crippen LogP contribution in [0.2, 0.25) is 0 Å². The molecule has 0 aromatic rings. The van der Waals surface area contributed by atoms with Crippen LogP contribution >= 0.6 is 0 Å². The molecule has 1 N–H and O–H groups in total. The summed E-state index contributed by atoms with van der Waals surface area (Å²) in [6.07, 6.45) is 12.8. The summed E-state index contributed by atoms with van der Waals surface area (Å²) >= 11 is 0. The lowest BCUT2D eigenvalue weighted by Crippen LogP contribution is -2.61. The number of nitrogens with zero attached hydrogens (tertiary/aromatic N) is 1. The zero-order valence-corrected chi connectivity index (χ0v) is 12.3. The Hall–Kier alpha value is -0.120. The molecule has 1 aliphatic carbocycles. The Labute approximate surface area is 118 Å². The molecule has 19 heavy (non-hydrogen) atoms. The van der Waals surface area contributed by atoms with Crippen LogP contribution in [0.3, 0.4) is 0 Å². The van der Waals surface area contributed by atoms with Crippen LogP contribution in [0.25, 0.3) is 0 Å². The van der Waals surface area contributed by atoms with Gasteiger partial charge in [-0.25, -0.2) is 0 Å². The van der Waals surface area contributed by atoms with Crippen molar-refractivity contribution in [2.24, 2.45) is 0 Å². The first-order valence-corrected chi connectivity index (χ1v) is 8.45. The van der Waals surface area contributed by atoms with Gasteiger partial charge >= 0.3 is 0 Å². The summed E-state index contributed by atoms with van der Waals surface area (Å²) in [5.41, 5.74) is 0.473. The summed E-state index contributed by atoms with van der Waals surface area (Å²) in [5.74, 6) is 0. The zero-order valence-electron chi connectivity index (χ0n) is 12.3. The van der Waals surface area contributed by atoms with Crippen molar-refractivity contribution in [3.63, 3.8) is 0 Å². The van der Waals surface area contributed by atoms with Crippen LogP contribution in [-0.2, 0) is 4.74 Å². The number of hydrogen-bond donors (Lipinski definition) is 1. The van der Waals surface area contributed by atoms with Crippen LogP contribution in [-0.4, -0.2) is 49.3 Å². The largest absolute Gasteiger partial charge is 0.378 e. The maximum atomic E-state index is 5.72. The fourth-order valence-corrected chi connectivity index (χ4v) is 4.21. The van der Waals surface area contributed by atoms with Crippen molar-refractivity contribution in [3.8, 4) is 0 Å². The van der Waals surface area contributed by atoms with Gasteiger partial charge in [0, 0.05) is 31.8 Å². The molecule has 110 valence electrons. The highest BCUT2D eigenvalue weighted by atomic mass is 16.5. The molecule has 1 saturated carbocycles. The van der Waals surface area contributed by atoms with Crippen LogP contribution in [0.4, 0.5) is 0 Å². The van der Waals surface area contributed by atoms with Crippen molar-refractivity contribution in [3.05, 3.63) is 0 Å². The molecule has 3 nitrogen and oxygen atoms in total. The van der Waals surface area contributed by atoms with Crippen LogP contribution in [0.1, 0.15) is 57.8 Å². The Kier molecular flexibility index (Phi) is 4.78. The molecule has 2 saturated heterocycles. The second-order valence-corrected chi connectivity index (χ2v) is 6.82. The number of nitrogens with one attached hydrogen (secondary N) is 1. The Balaban J connectivity index is 1.40. The van der Waals surface area contributed by atoms with Gasteiger partial charge in [-0.1, -0.05) is 19.3 Å². The van der Waals surface area contributed by atoms with Crippen LogP contribution in [0, 0.1) is 0 Å². The van der Waals surface area contributed by atoms with Gasteiger partial charge in [0.15, 0.2) is 0 Å². The van der Waals surface area contributed by atoms with Crippen molar-refractivity contribution in [2.45, 2.75) is 69.4 Å². The summed E-state index contributed by atoms with van der Waals surface area (Å²) in [7, 11) is 0. The Morgan fingerprint density at radius 3 is 2.84 bits per heavy atom. The minimum atomic E-state index is 0.473. The topological polar surface area (TPSA) is 24.5 Å². The Morgan fingerprint density at radius 2 is 2.05 bits per heavy atom. The van der Waals surface area contributed by atoms with Gasteiger partial charge in [0.1, 0.15) is 0 Å². The molecule has 1 unspecified atom stereocenters. The molecule has 3 aliphatic rings. The molecule has 0 aromatic heterocycles. The summed E-state index contributed by atoms with van der Waals surface area (Å²) in [6, 6.07) is 0. The van der Waals surface area contributed by atoms with E-state index in [-0.39, 0.29) is 0 Å². The third-order valence-electron chi connectivity index (χ3n) is 5.29. The van der Waals surface area contributed by atoms with Gasteiger partial charge < -0.3 is 15.0 Å². The van der Waals surface area contributed by atoms with E-state index in [0.29, 0.717) is 11.6 Å².